The van der Waals surface area contributed by atoms with Gasteiger partial charge in [0.15, 0.2) is 0 Å². The summed E-state index contributed by atoms with van der Waals surface area (Å²) in [7, 11) is 0. The first-order chi connectivity index (χ1) is 8.91. The van der Waals surface area contributed by atoms with E-state index < -0.39 is 23.4 Å². The van der Waals surface area contributed by atoms with Crippen molar-refractivity contribution in [1.29, 1.82) is 5.41 Å². The summed E-state index contributed by atoms with van der Waals surface area (Å²) in [6, 6.07) is -0.0413. The molecule has 2 aliphatic rings. The van der Waals surface area contributed by atoms with Crippen molar-refractivity contribution in [3.63, 3.8) is 0 Å². The highest BCUT2D eigenvalue weighted by molar-refractivity contribution is 6.12. The van der Waals surface area contributed by atoms with Gasteiger partial charge in [-0.15, -0.1) is 0 Å². The smallest absolute Gasteiger partial charge is 0.380 e. The molecule has 0 spiro atoms. The number of amides is 1. The third-order valence-corrected chi connectivity index (χ3v) is 3.12. The number of alkyl halides is 3. The average molecular weight is 275 g/mol. The Bertz CT molecular complexity index is 409. The molecule has 2 saturated carbocycles. The van der Waals surface area contributed by atoms with Crippen molar-refractivity contribution in [2.24, 2.45) is 5.92 Å². The number of rotatable bonds is 6. The number of nitrogens with one attached hydrogen (secondary N) is 3. The number of hydrogen-bond acceptors (Lipinski definition) is 3. The molecule has 106 valence electrons. The van der Waals surface area contributed by atoms with Crippen LogP contribution >= 0.6 is 0 Å². The molecule has 2 fully saturated rings. The van der Waals surface area contributed by atoms with Gasteiger partial charge < -0.3 is 16.0 Å². The molecule has 0 aromatic carbocycles. The fourth-order valence-corrected chi connectivity index (χ4v) is 1.66. The second kappa shape index (κ2) is 5.22. The maximum atomic E-state index is 12.9. The maximum Gasteiger partial charge on any atom is 0.431 e. The molecule has 0 heterocycles. The Balaban J connectivity index is 2.14. The van der Waals surface area contributed by atoms with E-state index >= 15 is 0 Å². The molecule has 7 heteroatoms. The summed E-state index contributed by atoms with van der Waals surface area (Å²) in [4.78, 5) is 11.7. The Kier molecular flexibility index (Phi) is 3.82. The minimum Gasteiger partial charge on any atom is -0.380 e. The number of hydrogen-bond donors (Lipinski definition) is 3. The second-order valence-corrected chi connectivity index (χ2v) is 5.00. The summed E-state index contributed by atoms with van der Waals surface area (Å²) < 4.78 is 38.8. The lowest BCUT2D eigenvalue weighted by Gasteiger charge is -2.17. The quantitative estimate of drug-likeness (QED) is 0.510. The van der Waals surface area contributed by atoms with Crippen LogP contribution in [-0.2, 0) is 4.79 Å². The van der Waals surface area contributed by atoms with E-state index in [0.29, 0.717) is 6.21 Å². The third-order valence-electron chi connectivity index (χ3n) is 3.12. The van der Waals surface area contributed by atoms with Crippen molar-refractivity contribution in [3.05, 3.63) is 11.3 Å². The maximum absolute atomic E-state index is 12.9. The number of carbonyl (C=O) groups excluding carboxylic acids is 1. The van der Waals surface area contributed by atoms with E-state index in [2.05, 4.69) is 10.6 Å². The molecule has 0 saturated heterocycles. The zero-order valence-corrected chi connectivity index (χ0v) is 10.3. The lowest BCUT2D eigenvalue weighted by Crippen LogP contribution is -2.36. The van der Waals surface area contributed by atoms with Crippen LogP contribution in [0.1, 0.15) is 25.7 Å². The Morgan fingerprint density at radius 2 is 1.89 bits per heavy atom. The largest absolute Gasteiger partial charge is 0.431 e. The lowest BCUT2D eigenvalue weighted by molar-refractivity contribution is -0.119. The Labute approximate surface area is 108 Å². The van der Waals surface area contributed by atoms with Crippen molar-refractivity contribution >= 4 is 12.1 Å². The van der Waals surface area contributed by atoms with E-state index in [-0.39, 0.29) is 18.5 Å². The zero-order valence-electron chi connectivity index (χ0n) is 10.3. The Hall–Kier alpha value is -1.53. The highest BCUT2D eigenvalue weighted by Crippen LogP contribution is 2.31. The summed E-state index contributed by atoms with van der Waals surface area (Å²) in [5.74, 6) is -0.580. The second-order valence-electron chi connectivity index (χ2n) is 5.00. The lowest BCUT2D eigenvalue weighted by atomic mass is 10.2. The van der Waals surface area contributed by atoms with E-state index in [0.717, 1.165) is 25.7 Å². The molecule has 1 amide bonds. The van der Waals surface area contributed by atoms with Gasteiger partial charge in [0, 0.05) is 18.8 Å². The topological polar surface area (TPSA) is 65.0 Å². The molecule has 3 N–H and O–H groups in total. The van der Waals surface area contributed by atoms with Crippen molar-refractivity contribution in [3.8, 4) is 0 Å². The molecule has 0 atom stereocenters. The van der Waals surface area contributed by atoms with Crippen LogP contribution < -0.4 is 10.6 Å². The van der Waals surface area contributed by atoms with Crippen LogP contribution in [0.2, 0.25) is 0 Å². The Morgan fingerprint density at radius 1 is 1.26 bits per heavy atom. The molecule has 0 bridgehead atoms. The highest BCUT2D eigenvalue weighted by atomic mass is 19.4. The van der Waals surface area contributed by atoms with Crippen molar-refractivity contribution in [2.45, 2.75) is 37.9 Å². The molecule has 4 nitrogen and oxygen atoms in total. The van der Waals surface area contributed by atoms with Crippen LogP contribution in [0, 0.1) is 11.3 Å². The van der Waals surface area contributed by atoms with Crippen LogP contribution in [-0.4, -0.2) is 30.9 Å². The standard InChI is InChI=1S/C12H16F3N3O/c13-12(14,15)10(17-6-7-1-2-7)9(5-16)11(19)18-8-3-4-8/h5,7-8,16-17H,1-4,6H2,(H,18,19)/b10-9+,16-5?. The van der Waals surface area contributed by atoms with Gasteiger partial charge in [-0.25, -0.2) is 0 Å². The molecule has 19 heavy (non-hydrogen) atoms. The van der Waals surface area contributed by atoms with Gasteiger partial charge in [-0.1, -0.05) is 0 Å². The highest BCUT2D eigenvalue weighted by Gasteiger charge is 2.39. The van der Waals surface area contributed by atoms with Crippen LogP contribution in [0.25, 0.3) is 0 Å². The van der Waals surface area contributed by atoms with Gasteiger partial charge in [0.2, 0.25) is 0 Å². The molecular formula is C12H16F3N3O. The van der Waals surface area contributed by atoms with Gasteiger partial charge in [-0.2, -0.15) is 13.2 Å². The van der Waals surface area contributed by atoms with E-state index in [4.69, 9.17) is 5.41 Å². The van der Waals surface area contributed by atoms with Crippen LogP contribution in [0.15, 0.2) is 11.3 Å². The SMILES string of the molecule is N=C/C(C(=O)NC1CC1)=C(\NCC1CC1)C(F)(F)F. The van der Waals surface area contributed by atoms with Crippen molar-refractivity contribution in [2.75, 3.05) is 6.54 Å². The fraction of sp³-hybridized carbons (Fsp3) is 0.667. The number of allylic oxidation sites excluding steroid dienone is 1. The third kappa shape index (κ3) is 3.97. The molecule has 0 aliphatic heterocycles. The van der Waals surface area contributed by atoms with Crippen LogP contribution in [0.3, 0.4) is 0 Å². The Morgan fingerprint density at radius 3 is 2.32 bits per heavy atom. The van der Waals surface area contributed by atoms with E-state index in [1.54, 1.807) is 0 Å². The van der Waals surface area contributed by atoms with E-state index in [1.807, 2.05) is 0 Å². The minimum atomic E-state index is -4.65. The first-order valence-corrected chi connectivity index (χ1v) is 6.28. The predicted molar refractivity (Wildman–Crippen MR) is 63.8 cm³/mol. The molecule has 0 unspecified atom stereocenters. The molecule has 2 rings (SSSR count). The van der Waals surface area contributed by atoms with E-state index in [1.165, 1.54) is 0 Å². The fourth-order valence-electron chi connectivity index (χ4n) is 1.66. The van der Waals surface area contributed by atoms with Crippen LogP contribution in [0.5, 0.6) is 0 Å². The van der Waals surface area contributed by atoms with E-state index in [9.17, 15) is 18.0 Å². The molecular weight excluding hydrogens is 259 g/mol. The first kappa shape index (κ1) is 13.9. The van der Waals surface area contributed by atoms with Gasteiger partial charge in [-0.3, -0.25) is 4.79 Å². The van der Waals surface area contributed by atoms with Gasteiger partial charge in [0.1, 0.15) is 5.70 Å². The normalized spacial score (nSPS) is 20.6. The van der Waals surface area contributed by atoms with Gasteiger partial charge >= 0.3 is 6.18 Å². The molecule has 0 radical (unpaired) electrons. The van der Waals surface area contributed by atoms with Crippen LogP contribution in [0.4, 0.5) is 13.2 Å². The molecule has 0 aromatic heterocycles. The minimum absolute atomic E-state index is 0.0413. The summed E-state index contributed by atoms with van der Waals surface area (Å²) >= 11 is 0. The molecule has 0 aromatic rings. The summed E-state index contributed by atoms with van der Waals surface area (Å²) in [5.41, 5.74) is -1.74. The number of halogens is 3. The first-order valence-electron chi connectivity index (χ1n) is 6.28. The van der Waals surface area contributed by atoms with Crippen molar-refractivity contribution < 1.29 is 18.0 Å². The monoisotopic (exact) mass is 275 g/mol. The van der Waals surface area contributed by atoms with Crippen molar-refractivity contribution in [1.82, 2.24) is 10.6 Å². The van der Waals surface area contributed by atoms with Gasteiger partial charge in [0.05, 0.1) is 5.57 Å². The zero-order chi connectivity index (χ0) is 14.0. The number of carbonyl (C=O) groups is 1. The van der Waals surface area contributed by atoms with Gasteiger partial charge in [-0.05, 0) is 31.6 Å². The average Bonchev–Trinajstić information content (AvgIpc) is 3.15. The predicted octanol–water partition coefficient (Wildman–Crippen LogP) is 1.73. The molecule has 2 aliphatic carbocycles. The summed E-state index contributed by atoms with van der Waals surface area (Å²) in [5, 5.41) is 11.8. The summed E-state index contributed by atoms with van der Waals surface area (Å²) in [6.45, 7) is 0.197. The summed E-state index contributed by atoms with van der Waals surface area (Å²) in [6.07, 6.45) is -0.788. The van der Waals surface area contributed by atoms with Gasteiger partial charge in [0.25, 0.3) is 5.91 Å².